The largest absolute Gasteiger partial charge is 0.469 e. The molecule has 1 heterocycles. The van der Waals surface area contributed by atoms with Crippen LogP contribution in [0.4, 0.5) is 0 Å². The smallest absolute Gasteiger partial charge is 0.103 e. The van der Waals surface area contributed by atoms with Crippen LogP contribution in [-0.2, 0) is 6.42 Å². The molecule has 0 radical (unpaired) electrons. The van der Waals surface area contributed by atoms with E-state index in [4.69, 9.17) is 4.42 Å². The first-order valence-electron chi connectivity index (χ1n) is 6.51. The molecule has 1 aromatic rings. The Morgan fingerprint density at radius 1 is 1.53 bits per heavy atom. The molecule has 17 heavy (non-hydrogen) atoms. The van der Waals surface area contributed by atoms with Gasteiger partial charge < -0.3 is 14.8 Å². The van der Waals surface area contributed by atoms with E-state index >= 15 is 0 Å². The number of aryl methyl sites for hydroxylation is 1. The highest BCUT2D eigenvalue weighted by molar-refractivity contribution is 4.98. The highest BCUT2D eigenvalue weighted by atomic mass is 16.3. The summed E-state index contributed by atoms with van der Waals surface area (Å²) in [4.78, 5) is 0. The van der Waals surface area contributed by atoms with Crippen molar-refractivity contribution in [2.75, 3.05) is 6.54 Å². The van der Waals surface area contributed by atoms with Gasteiger partial charge in [-0.2, -0.15) is 0 Å². The van der Waals surface area contributed by atoms with E-state index in [2.05, 4.69) is 19.2 Å². The molecule has 2 N–H and O–H groups in total. The van der Waals surface area contributed by atoms with Gasteiger partial charge >= 0.3 is 0 Å². The first-order valence-corrected chi connectivity index (χ1v) is 6.51. The molecule has 2 atom stereocenters. The molecule has 0 aliphatic rings. The molecule has 0 fully saturated rings. The Hall–Kier alpha value is -0.800. The van der Waals surface area contributed by atoms with Gasteiger partial charge in [0.25, 0.3) is 0 Å². The summed E-state index contributed by atoms with van der Waals surface area (Å²) in [6.07, 6.45) is 5.52. The van der Waals surface area contributed by atoms with Crippen LogP contribution in [0.3, 0.4) is 0 Å². The van der Waals surface area contributed by atoms with Gasteiger partial charge in [0.1, 0.15) is 5.76 Å². The second kappa shape index (κ2) is 6.82. The molecule has 0 amide bonds. The van der Waals surface area contributed by atoms with E-state index in [1.807, 2.05) is 19.1 Å². The number of hydrogen-bond acceptors (Lipinski definition) is 3. The van der Waals surface area contributed by atoms with Gasteiger partial charge in [0.2, 0.25) is 0 Å². The summed E-state index contributed by atoms with van der Waals surface area (Å²) in [5.74, 6) is 1.03. The molecular weight excluding hydrogens is 214 g/mol. The molecule has 0 saturated carbocycles. The molecule has 1 aromatic heterocycles. The summed E-state index contributed by atoms with van der Waals surface area (Å²) in [6.45, 7) is 6.78. The van der Waals surface area contributed by atoms with Crippen LogP contribution in [0, 0.1) is 0 Å². The van der Waals surface area contributed by atoms with Crippen molar-refractivity contribution in [2.45, 2.75) is 58.1 Å². The third-order valence-corrected chi connectivity index (χ3v) is 3.02. The Morgan fingerprint density at radius 3 is 2.88 bits per heavy atom. The van der Waals surface area contributed by atoms with Crippen LogP contribution in [0.25, 0.3) is 0 Å². The van der Waals surface area contributed by atoms with Crippen LogP contribution < -0.4 is 5.32 Å². The third-order valence-electron chi connectivity index (χ3n) is 3.02. The third kappa shape index (κ3) is 5.89. The van der Waals surface area contributed by atoms with Crippen LogP contribution in [0.2, 0.25) is 0 Å². The molecule has 1 rings (SSSR count). The maximum absolute atomic E-state index is 10.0. The quantitative estimate of drug-likeness (QED) is 0.733. The minimum absolute atomic E-state index is 0.392. The Balaban J connectivity index is 2.18. The minimum Gasteiger partial charge on any atom is -0.469 e. The van der Waals surface area contributed by atoms with Gasteiger partial charge in [-0.25, -0.2) is 0 Å². The van der Waals surface area contributed by atoms with Crippen LogP contribution in [-0.4, -0.2) is 23.3 Å². The van der Waals surface area contributed by atoms with Crippen molar-refractivity contribution >= 4 is 0 Å². The predicted octanol–water partition coefficient (Wildman–Crippen LogP) is 2.74. The maximum atomic E-state index is 10.0. The number of hydrogen-bond donors (Lipinski definition) is 2. The molecule has 0 spiro atoms. The molecular formula is C14H25NO2. The van der Waals surface area contributed by atoms with Gasteiger partial charge in [-0.05, 0) is 38.8 Å². The molecule has 0 saturated heterocycles. The number of furan rings is 1. The van der Waals surface area contributed by atoms with E-state index in [1.54, 1.807) is 6.26 Å². The highest BCUT2D eigenvalue weighted by Gasteiger charge is 2.19. The van der Waals surface area contributed by atoms with Crippen LogP contribution in [0.1, 0.15) is 45.8 Å². The molecule has 2 unspecified atom stereocenters. The van der Waals surface area contributed by atoms with E-state index in [0.29, 0.717) is 12.6 Å². The van der Waals surface area contributed by atoms with E-state index in [0.717, 1.165) is 31.4 Å². The minimum atomic E-state index is -0.590. The predicted molar refractivity (Wildman–Crippen MR) is 70.0 cm³/mol. The zero-order chi connectivity index (χ0) is 12.7. The fourth-order valence-corrected chi connectivity index (χ4v) is 1.94. The lowest BCUT2D eigenvalue weighted by molar-refractivity contribution is 0.0474. The molecule has 0 aliphatic carbocycles. The lowest BCUT2D eigenvalue weighted by Crippen LogP contribution is -2.41. The van der Waals surface area contributed by atoms with Gasteiger partial charge in [0.15, 0.2) is 0 Å². The lowest BCUT2D eigenvalue weighted by atomic mass is 10.00. The molecule has 0 aliphatic heterocycles. The molecule has 0 aromatic carbocycles. The van der Waals surface area contributed by atoms with Crippen molar-refractivity contribution in [1.29, 1.82) is 0 Å². The van der Waals surface area contributed by atoms with Gasteiger partial charge in [-0.3, -0.25) is 0 Å². The molecule has 0 bridgehead atoms. The topological polar surface area (TPSA) is 45.4 Å². The molecule has 98 valence electrons. The Morgan fingerprint density at radius 2 is 2.29 bits per heavy atom. The van der Waals surface area contributed by atoms with Crippen LogP contribution in [0.5, 0.6) is 0 Å². The van der Waals surface area contributed by atoms with E-state index < -0.39 is 5.60 Å². The fraction of sp³-hybridized carbons (Fsp3) is 0.714. The number of rotatable bonds is 8. The van der Waals surface area contributed by atoms with Crippen molar-refractivity contribution in [3.8, 4) is 0 Å². The van der Waals surface area contributed by atoms with Crippen LogP contribution >= 0.6 is 0 Å². The fourth-order valence-electron chi connectivity index (χ4n) is 1.94. The average molecular weight is 239 g/mol. The number of nitrogens with one attached hydrogen (secondary N) is 1. The SMILES string of the molecule is CCCC(C)(O)CNC(C)CCc1ccco1. The summed E-state index contributed by atoms with van der Waals surface area (Å²) in [7, 11) is 0. The van der Waals surface area contributed by atoms with Gasteiger partial charge in [-0.15, -0.1) is 0 Å². The second-order valence-corrected chi connectivity index (χ2v) is 5.15. The summed E-state index contributed by atoms with van der Waals surface area (Å²) >= 11 is 0. The monoisotopic (exact) mass is 239 g/mol. The molecule has 3 heteroatoms. The van der Waals surface area contributed by atoms with Gasteiger partial charge in [-0.1, -0.05) is 13.3 Å². The van der Waals surface area contributed by atoms with Crippen molar-refractivity contribution in [1.82, 2.24) is 5.32 Å². The second-order valence-electron chi connectivity index (χ2n) is 5.15. The molecule has 3 nitrogen and oxygen atoms in total. The normalized spacial score (nSPS) is 16.7. The van der Waals surface area contributed by atoms with E-state index in [-0.39, 0.29) is 0 Å². The van der Waals surface area contributed by atoms with Crippen molar-refractivity contribution in [2.24, 2.45) is 0 Å². The Kier molecular flexibility index (Phi) is 5.72. The Labute approximate surface area is 104 Å². The maximum Gasteiger partial charge on any atom is 0.103 e. The summed E-state index contributed by atoms with van der Waals surface area (Å²) in [5.41, 5.74) is -0.590. The summed E-state index contributed by atoms with van der Waals surface area (Å²) in [6, 6.07) is 4.31. The van der Waals surface area contributed by atoms with Crippen LogP contribution in [0.15, 0.2) is 22.8 Å². The standard InChI is InChI=1S/C14H25NO2/c1-4-9-14(3,16)11-15-12(2)7-8-13-6-5-10-17-13/h5-6,10,12,15-16H,4,7-9,11H2,1-3H3. The zero-order valence-corrected chi connectivity index (χ0v) is 11.2. The average Bonchev–Trinajstić information content (AvgIpc) is 2.76. The van der Waals surface area contributed by atoms with Crippen molar-refractivity contribution in [3.63, 3.8) is 0 Å². The lowest BCUT2D eigenvalue weighted by Gasteiger charge is -2.25. The van der Waals surface area contributed by atoms with Crippen molar-refractivity contribution in [3.05, 3.63) is 24.2 Å². The van der Waals surface area contributed by atoms with Gasteiger partial charge in [0, 0.05) is 19.0 Å². The summed E-state index contributed by atoms with van der Waals surface area (Å²) in [5, 5.41) is 13.4. The zero-order valence-electron chi connectivity index (χ0n) is 11.2. The van der Waals surface area contributed by atoms with E-state index in [9.17, 15) is 5.11 Å². The highest BCUT2D eigenvalue weighted by Crippen LogP contribution is 2.11. The number of aliphatic hydroxyl groups is 1. The van der Waals surface area contributed by atoms with Gasteiger partial charge in [0.05, 0.1) is 11.9 Å². The summed E-state index contributed by atoms with van der Waals surface area (Å²) < 4.78 is 5.29. The first-order chi connectivity index (χ1) is 8.03. The first kappa shape index (κ1) is 14.3. The van der Waals surface area contributed by atoms with E-state index in [1.165, 1.54) is 0 Å². The van der Waals surface area contributed by atoms with Crippen molar-refractivity contribution < 1.29 is 9.52 Å². The Bertz CT molecular complexity index is 293.